The molecule has 0 aliphatic carbocycles. The minimum Gasteiger partial charge on any atom is -0.494 e. The summed E-state index contributed by atoms with van der Waals surface area (Å²) in [5.74, 6) is 0.823. The fourth-order valence-electron chi connectivity index (χ4n) is 1.44. The molecule has 1 aromatic rings. The van der Waals surface area contributed by atoms with E-state index in [1.165, 1.54) is 0 Å². The number of hydrogen-bond donors (Lipinski definition) is 2. The summed E-state index contributed by atoms with van der Waals surface area (Å²) < 4.78 is 6.63. The standard InChI is InChI=1S/C13H20BrNO2/c1-10(16)13(2,9-15)6-7-17-12-5-3-4-11(14)8-12/h3-5,8,10,16H,6-7,9,15H2,1-2H3. The summed E-state index contributed by atoms with van der Waals surface area (Å²) in [4.78, 5) is 0. The van der Waals surface area contributed by atoms with Crippen LogP contribution in [0.4, 0.5) is 0 Å². The molecule has 4 heteroatoms. The Bertz CT molecular complexity index is 357. The van der Waals surface area contributed by atoms with Crippen molar-refractivity contribution < 1.29 is 9.84 Å². The van der Waals surface area contributed by atoms with Gasteiger partial charge in [-0.3, -0.25) is 0 Å². The largest absolute Gasteiger partial charge is 0.494 e. The van der Waals surface area contributed by atoms with Gasteiger partial charge in [-0.05, 0) is 31.5 Å². The van der Waals surface area contributed by atoms with Gasteiger partial charge in [0.2, 0.25) is 0 Å². The van der Waals surface area contributed by atoms with Crippen LogP contribution >= 0.6 is 15.9 Å². The summed E-state index contributed by atoms with van der Waals surface area (Å²) >= 11 is 3.39. The predicted octanol–water partition coefficient (Wildman–Crippen LogP) is 2.56. The first-order chi connectivity index (χ1) is 7.98. The minimum atomic E-state index is -0.432. The van der Waals surface area contributed by atoms with E-state index in [2.05, 4.69) is 15.9 Å². The first kappa shape index (κ1) is 14.5. The molecule has 0 fully saturated rings. The maximum Gasteiger partial charge on any atom is 0.120 e. The summed E-state index contributed by atoms with van der Waals surface area (Å²) in [6, 6.07) is 7.71. The summed E-state index contributed by atoms with van der Waals surface area (Å²) in [5.41, 5.74) is 5.40. The first-order valence-electron chi connectivity index (χ1n) is 5.74. The zero-order valence-corrected chi connectivity index (χ0v) is 11.9. The van der Waals surface area contributed by atoms with Gasteiger partial charge in [-0.15, -0.1) is 0 Å². The fraction of sp³-hybridized carbons (Fsp3) is 0.538. The maximum absolute atomic E-state index is 9.67. The van der Waals surface area contributed by atoms with Gasteiger partial charge in [-0.25, -0.2) is 0 Å². The van der Waals surface area contributed by atoms with E-state index in [-0.39, 0.29) is 5.41 Å². The van der Waals surface area contributed by atoms with Crippen LogP contribution in [0.15, 0.2) is 28.7 Å². The smallest absolute Gasteiger partial charge is 0.120 e. The molecule has 0 heterocycles. The molecule has 17 heavy (non-hydrogen) atoms. The van der Waals surface area contributed by atoms with Gasteiger partial charge in [-0.2, -0.15) is 0 Å². The third-order valence-electron chi connectivity index (χ3n) is 3.21. The number of nitrogens with two attached hydrogens (primary N) is 1. The van der Waals surface area contributed by atoms with E-state index in [1.54, 1.807) is 6.92 Å². The molecule has 0 spiro atoms. The van der Waals surface area contributed by atoms with Gasteiger partial charge < -0.3 is 15.6 Å². The highest BCUT2D eigenvalue weighted by atomic mass is 79.9. The second kappa shape index (κ2) is 6.38. The topological polar surface area (TPSA) is 55.5 Å². The molecule has 0 aliphatic heterocycles. The van der Waals surface area contributed by atoms with Crippen LogP contribution in [-0.4, -0.2) is 24.4 Å². The summed E-state index contributed by atoms with van der Waals surface area (Å²) in [7, 11) is 0. The average molecular weight is 302 g/mol. The van der Waals surface area contributed by atoms with Gasteiger partial charge in [-0.1, -0.05) is 28.9 Å². The summed E-state index contributed by atoms with van der Waals surface area (Å²) in [6.07, 6.45) is 0.298. The van der Waals surface area contributed by atoms with Crippen LogP contribution in [0.5, 0.6) is 5.75 Å². The van der Waals surface area contributed by atoms with E-state index in [0.29, 0.717) is 13.2 Å². The number of halogens is 1. The van der Waals surface area contributed by atoms with Crippen molar-refractivity contribution in [2.75, 3.05) is 13.2 Å². The Hall–Kier alpha value is -0.580. The third kappa shape index (κ3) is 4.30. The van der Waals surface area contributed by atoms with Crippen molar-refractivity contribution in [2.24, 2.45) is 11.1 Å². The zero-order valence-electron chi connectivity index (χ0n) is 10.3. The Balaban J connectivity index is 2.47. The minimum absolute atomic E-state index is 0.286. The number of hydrogen-bond acceptors (Lipinski definition) is 3. The second-order valence-corrected chi connectivity index (χ2v) is 5.51. The Kier molecular flexibility index (Phi) is 5.43. The number of aliphatic hydroxyl groups is 1. The Morgan fingerprint density at radius 2 is 2.24 bits per heavy atom. The van der Waals surface area contributed by atoms with E-state index >= 15 is 0 Å². The van der Waals surface area contributed by atoms with Gasteiger partial charge in [0.25, 0.3) is 0 Å². The van der Waals surface area contributed by atoms with E-state index in [1.807, 2.05) is 31.2 Å². The first-order valence-corrected chi connectivity index (χ1v) is 6.54. The van der Waals surface area contributed by atoms with Crippen LogP contribution < -0.4 is 10.5 Å². The van der Waals surface area contributed by atoms with Crippen LogP contribution in [0.25, 0.3) is 0 Å². The molecule has 0 aliphatic rings. The molecule has 0 radical (unpaired) electrons. The summed E-state index contributed by atoms with van der Waals surface area (Å²) in [6.45, 7) is 4.75. The van der Waals surface area contributed by atoms with Crippen LogP contribution in [0.3, 0.4) is 0 Å². The lowest BCUT2D eigenvalue weighted by atomic mass is 9.82. The maximum atomic E-state index is 9.67. The van der Waals surface area contributed by atoms with Crippen LogP contribution in [-0.2, 0) is 0 Å². The lowest BCUT2D eigenvalue weighted by Gasteiger charge is -2.30. The van der Waals surface area contributed by atoms with Crippen molar-refractivity contribution >= 4 is 15.9 Å². The van der Waals surface area contributed by atoms with Crippen molar-refractivity contribution in [2.45, 2.75) is 26.4 Å². The summed E-state index contributed by atoms with van der Waals surface area (Å²) in [5, 5.41) is 9.67. The lowest BCUT2D eigenvalue weighted by molar-refractivity contribution is 0.0413. The Labute approximate surface area is 111 Å². The van der Waals surface area contributed by atoms with Crippen molar-refractivity contribution in [3.05, 3.63) is 28.7 Å². The molecular formula is C13H20BrNO2. The molecule has 3 nitrogen and oxygen atoms in total. The van der Waals surface area contributed by atoms with Crippen LogP contribution in [0.1, 0.15) is 20.3 Å². The third-order valence-corrected chi connectivity index (χ3v) is 3.71. The molecule has 1 rings (SSSR count). The monoisotopic (exact) mass is 301 g/mol. The van der Waals surface area contributed by atoms with Gasteiger partial charge >= 0.3 is 0 Å². The second-order valence-electron chi connectivity index (χ2n) is 4.59. The van der Waals surface area contributed by atoms with Crippen molar-refractivity contribution in [1.29, 1.82) is 0 Å². The number of ether oxygens (including phenoxy) is 1. The van der Waals surface area contributed by atoms with Crippen molar-refractivity contribution in [3.63, 3.8) is 0 Å². The van der Waals surface area contributed by atoms with Gasteiger partial charge in [0.05, 0.1) is 12.7 Å². The van der Waals surface area contributed by atoms with Crippen molar-refractivity contribution in [3.8, 4) is 5.75 Å². The van der Waals surface area contributed by atoms with E-state index in [0.717, 1.165) is 16.6 Å². The Morgan fingerprint density at radius 3 is 2.76 bits per heavy atom. The molecule has 0 amide bonds. The van der Waals surface area contributed by atoms with E-state index in [4.69, 9.17) is 10.5 Å². The highest BCUT2D eigenvalue weighted by Crippen LogP contribution is 2.25. The normalized spacial score (nSPS) is 16.3. The highest BCUT2D eigenvalue weighted by Gasteiger charge is 2.28. The lowest BCUT2D eigenvalue weighted by Crippen LogP contribution is -2.38. The fourth-order valence-corrected chi connectivity index (χ4v) is 1.82. The van der Waals surface area contributed by atoms with Gasteiger partial charge in [0.1, 0.15) is 5.75 Å². The SMILES string of the molecule is CC(O)C(C)(CN)CCOc1cccc(Br)c1. The molecule has 0 saturated heterocycles. The van der Waals surface area contributed by atoms with Crippen LogP contribution in [0, 0.1) is 5.41 Å². The molecule has 1 aromatic carbocycles. The van der Waals surface area contributed by atoms with Gasteiger partial charge in [0.15, 0.2) is 0 Å². The Morgan fingerprint density at radius 1 is 1.53 bits per heavy atom. The van der Waals surface area contributed by atoms with Crippen molar-refractivity contribution in [1.82, 2.24) is 0 Å². The molecule has 96 valence electrons. The number of benzene rings is 1. The van der Waals surface area contributed by atoms with Crippen LogP contribution in [0.2, 0.25) is 0 Å². The van der Waals surface area contributed by atoms with E-state index in [9.17, 15) is 5.11 Å². The number of rotatable bonds is 6. The molecular weight excluding hydrogens is 282 g/mol. The molecule has 0 aromatic heterocycles. The van der Waals surface area contributed by atoms with Gasteiger partial charge in [0, 0.05) is 16.4 Å². The average Bonchev–Trinajstić information content (AvgIpc) is 2.28. The molecule has 2 atom stereocenters. The highest BCUT2D eigenvalue weighted by molar-refractivity contribution is 9.10. The molecule has 3 N–H and O–H groups in total. The zero-order chi connectivity index (χ0) is 12.9. The number of aliphatic hydroxyl groups excluding tert-OH is 1. The van der Waals surface area contributed by atoms with E-state index < -0.39 is 6.10 Å². The molecule has 0 saturated carbocycles. The molecule has 0 bridgehead atoms. The molecule has 2 unspecified atom stereocenters. The predicted molar refractivity (Wildman–Crippen MR) is 73.1 cm³/mol. The quantitative estimate of drug-likeness (QED) is 0.849.